The number of aromatic nitrogens is 3. The Morgan fingerprint density at radius 2 is 1.93 bits per heavy atom. The summed E-state index contributed by atoms with van der Waals surface area (Å²) in [5.74, 6) is -2.60. The maximum atomic E-state index is 14.3. The van der Waals surface area contributed by atoms with E-state index in [0.717, 1.165) is 17.7 Å². The lowest BCUT2D eigenvalue weighted by molar-refractivity contribution is -0.211. The van der Waals surface area contributed by atoms with Crippen LogP contribution in [0.15, 0.2) is 41.0 Å². The van der Waals surface area contributed by atoms with Gasteiger partial charge in [0.15, 0.2) is 6.10 Å². The fourth-order valence-electron chi connectivity index (χ4n) is 5.37. The number of aryl methyl sites for hydroxylation is 1. The van der Waals surface area contributed by atoms with Gasteiger partial charge in [0.1, 0.15) is 52.8 Å². The van der Waals surface area contributed by atoms with Crippen molar-refractivity contribution < 1.29 is 43.1 Å². The molecule has 0 bridgehead atoms. The molecule has 2 aliphatic rings. The molecule has 11 nitrogen and oxygen atoms in total. The van der Waals surface area contributed by atoms with E-state index in [2.05, 4.69) is 26.2 Å². The van der Waals surface area contributed by atoms with E-state index in [1.165, 1.54) is 22.9 Å². The zero-order chi connectivity index (χ0) is 30.3. The van der Waals surface area contributed by atoms with Crippen molar-refractivity contribution in [3.63, 3.8) is 0 Å². The summed E-state index contributed by atoms with van der Waals surface area (Å²) in [4.78, 5) is 15.7. The Morgan fingerprint density at radius 1 is 1.21 bits per heavy atom. The molecule has 7 atom stereocenters. The molecule has 0 saturated carbocycles. The summed E-state index contributed by atoms with van der Waals surface area (Å²) >= 11 is 9.05. The van der Waals surface area contributed by atoms with Gasteiger partial charge in [0.2, 0.25) is 0 Å². The van der Waals surface area contributed by atoms with E-state index in [-0.39, 0.29) is 24.5 Å². The number of benzene rings is 2. The first-order valence-corrected chi connectivity index (χ1v) is 14.1. The van der Waals surface area contributed by atoms with Crippen molar-refractivity contribution in [2.75, 3.05) is 31.8 Å². The molecule has 3 aromatic rings. The first-order chi connectivity index (χ1) is 20.0. The van der Waals surface area contributed by atoms with Gasteiger partial charge < -0.3 is 34.4 Å². The van der Waals surface area contributed by atoms with Crippen LogP contribution in [-0.2, 0) is 19.0 Å². The van der Waals surface area contributed by atoms with Crippen LogP contribution >= 0.6 is 27.5 Å². The molecule has 2 saturated heterocycles. The van der Waals surface area contributed by atoms with E-state index >= 15 is 0 Å². The number of carbonyl (C=O) groups excluding carboxylic acids is 1. The van der Waals surface area contributed by atoms with Crippen LogP contribution in [0.5, 0.6) is 0 Å². The first kappa shape index (κ1) is 30.9. The normalized spacial score (nSPS) is 27.8. The number of aliphatic hydroxyl groups is 3. The Labute approximate surface area is 252 Å². The summed E-state index contributed by atoms with van der Waals surface area (Å²) in [6.45, 7) is 1.27. The zero-order valence-electron chi connectivity index (χ0n) is 22.4. The lowest BCUT2D eigenvalue weighted by Crippen LogP contribution is -2.63. The fraction of sp³-hybridized carbons (Fsp3) is 0.444. The summed E-state index contributed by atoms with van der Waals surface area (Å²) in [6.07, 6.45) is -4.92. The number of hydrogen-bond acceptors (Lipinski definition) is 9. The predicted octanol–water partition coefficient (Wildman–Crippen LogP) is 2.42. The SMILES string of the molecule is COC1C(C(=O)N(c2cc(C)cc(Br)c2)[C@@H]2COC[C@H]2O)OC(CO)C(O)C1n1cc(-c2cc(F)c(Cl)c(F)c2)nn1. The standard InChI is InChI=1S/C27H28BrClF2N4O7/c1-12-3-14(28)7-15(4-12)35(19-10-41-11-20(19)37)27(39)26-25(40-2)23(24(38)21(9-36)42-26)34-8-18(32-33-34)13-5-16(30)22(29)17(31)6-13/h3-8,19-21,23-26,36-38H,9-11H2,1-2H3/t19-,20-,21?,23?,24?,25?,26?/m1/s1. The quantitative estimate of drug-likeness (QED) is 0.323. The molecule has 2 fully saturated rings. The molecule has 2 aliphatic heterocycles. The molecule has 226 valence electrons. The van der Waals surface area contributed by atoms with E-state index in [1.807, 2.05) is 13.0 Å². The number of hydrogen-bond donors (Lipinski definition) is 3. The fourth-order valence-corrected chi connectivity index (χ4v) is 6.08. The van der Waals surface area contributed by atoms with Crippen molar-refractivity contribution >= 4 is 39.1 Å². The van der Waals surface area contributed by atoms with Gasteiger partial charge in [-0.1, -0.05) is 32.7 Å². The molecule has 1 aromatic heterocycles. The van der Waals surface area contributed by atoms with Gasteiger partial charge in [-0.25, -0.2) is 13.5 Å². The second kappa shape index (κ2) is 12.6. The molecule has 0 aliphatic carbocycles. The second-order valence-corrected chi connectivity index (χ2v) is 11.5. The number of aliphatic hydroxyl groups excluding tert-OH is 3. The minimum atomic E-state index is -1.43. The number of anilines is 1. The molecule has 5 rings (SSSR count). The smallest absolute Gasteiger partial charge is 0.259 e. The molecular formula is C27H28BrClF2N4O7. The van der Waals surface area contributed by atoms with Crippen molar-refractivity contribution in [3.05, 3.63) is 63.2 Å². The molecule has 2 aromatic carbocycles. The third kappa shape index (κ3) is 5.82. The maximum absolute atomic E-state index is 14.3. The van der Waals surface area contributed by atoms with Crippen molar-refractivity contribution in [1.29, 1.82) is 0 Å². The van der Waals surface area contributed by atoms with Gasteiger partial charge in [-0.3, -0.25) is 4.79 Å². The van der Waals surface area contributed by atoms with Gasteiger partial charge in [-0.05, 0) is 42.8 Å². The van der Waals surface area contributed by atoms with E-state index in [4.69, 9.17) is 25.8 Å². The Hall–Kier alpha value is -2.56. The van der Waals surface area contributed by atoms with E-state index in [0.29, 0.717) is 10.2 Å². The van der Waals surface area contributed by atoms with Crippen molar-refractivity contribution in [3.8, 4) is 11.3 Å². The predicted molar refractivity (Wildman–Crippen MR) is 149 cm³/mol. The molecule has 5 unspecified atom stereocenters. The van der Waals surface area contributed by atoms with Crippen molar-refractivity contribution in [2.45, 2.75) is 49.5 Å². The van der Waals surface area contributed by atoms with E-state index in [9.17, 15) is 28.9 Å². The molecule has 3 N–H and O–H groups in total. The number of amides is 1. The lowest BCUT2D eigenvalue weighted by atomic mass is 9.91. The average Bonchev–Trinajstić information content (AvgIpc) is 3.60. The summed E-state index contributed by atoms with van der Waals surface area (Å²) in [7, 11) is 1.32. The van der Waals surface area contributed by atoms with Gasteiger partial charge in [-0.2, -0.15) is 0 Å². The number of rotatable bonds is 7. The van der Waals surface area contributed by atoms with Gasteiger partial charge in [0.25, 0.3) is 5.91 Å². The number of nitrogens with zero attached hydrogens (tertiary/aromatic N) is 4. The number of halogens is 4. The van der Waals surface area contributed by atoms with E-state index in [1.54, 1.807) is 12.1 Å². The van der Waals surface area contributed by atoms with Crippen LogP contribution in [0, 0.1) is 18.6 Å². The molecule has 0 radical (unpaired) electrons. The summed E-state index contributed by atoms with van der Waals surface area (Å²) in [6, 6.07) is 5.42. The third-order valence-corrected chi connectivity index (χ3v) is 8.19. The van der Waals surface area contributed by atoms with Gasteiger partial charge >= 0.3 is 0 Å². The van der Waals surface area contributed by atoms with Crippen LogP contribution in [0.25, 0.3) is 11.3 Å². The highest BCUT2D eigenvalue weighted by Gasteiger charge is 2.52. The number of methoxy groups -OCH3 is 1. The Balaban J connectivity index is 1.54. The number of ether oxygens (including phenoxy) is 3. The minimum Gasteiger partial charge on any atom is -0.394 e. The van der Waals surface area contributed by atoms with Crippen LogP contribution in [0.4, 0.5) is 14.5 Å². The maximum Gasteiger partial charge on any atom is 0.259 e. The van der Waals surface area contributed by atoms with Crippen LogP contribution < -0.4 is 4.90 Å². The average molecular weight is 674 g/mol. The topological polar surface area (TPSA) is 139 Å². The highest BCUT2D eigenvalue weighted by molar-refractivity contribution is 9.10. The Morgan fingerprint density at radius 3 is 2.52 bits per heavy atom. The zero-order valence-corrected chi connectivity index (χ0v) is 24.7. The monoisotopic (exact) mass is 672 g/mol. The molecular weight excluding hydrogens is 646 g/mol. The summed E-state index contributed by atoms with van der Waals surface area (Å²) in [5, 5.41) is 39.3. The third-order valence-electron chi connectivity index (χ3n) is 7.37. The van der Waals surface area contributed by atoms with E-state index < -0.39 is 71.8 Å². The number of carbonyl (C=O) groups is 1. The van der Waals surface area contributed by atoms with Crippen molar-refractivity contribution in [2.24, 2.45) is 0 Å². The highest BCUT2D eigenvalue weighted by atomic mass is 79.9. The minimum absolute atomic E-state index is 0.0227. The van der Waals surface area contributed by atoms with Crippen LogP contribution in [0.1, 0.15) is 11.6 Å². The highest BCUT2D eigenvalue weighted by Crippen LogP contribution is 2.36. The Bertz CT molecular complexity index is 1420. The molecule has 0 spiro atoms. The summed E-state index contributed by atoms with van der Waals surface area (Å²) < 4.78 is 47.2. The molecule has 15 heteroatoms. The van der Waals surface area contributed by atoms with Gasteiger partial charge in [-0.15, -0.1) is 5.10 Å². The molecule has 3 heterocycles. The van der Waals surface area contributed by atoms with Gasteiger partial charge in [0, 0.05) is 22.8 Å². The lowest BCUT2D eigenvalue weighted by Gasteiger charge is -2.45. The summed E-state index contributed by atoms with van der Waals surface area (Å²) in [5.41, 5.74) is 1.39. The van der Waals surface area contributed by atoms with Gasteiger partial charge in [0.05, 0.1) is 32.1 Å². The van der Waals surface area contributed by atoms with Crippen LogP contribution in [0.2, 0.25) is 5.02 Å². The molecule has 42 heavy (non-hydrogen) atoms. The van der Waals surface area contributed by atoms with Crippen molar-refractivity contribution in [1.82, 2.24) is 15.0 Å². The molecule has 1 amide bonds. The second-order valence-electron chi connectivity index (χ2n) is 10.2. The van der Waals surface area contributed by atoms with Crippen LogP contribution in [0.3, 0.4) is 0 Å². The Kier molecular flexibility index (Phi) is 9.25. The van der Waals surface area contributed by atoms with Crippen LogP contribution in [-0.4, -0.2) is 99.7 Å². The largest absolute Gasteiger partial charge is 0.394 e. The first-order valence-electron chi connectivity index (χ1n) is 12.9.